The van der Waals surface area contributed by atoms with Crippen molar-refractivity contribution in [2.75, 3.05) is 0 Å². The molecular weight excluding hydrogens is 368 g/mol. The van der Waals surface area contributed by atoms with E-state index in [1.54, 1.807) is 6.07 Å². The predicted molar refractivity (Wildman–Crippen MR) is 102 cm³/mol. The molecule has 1 aromatic heterocycles. The zero-order chi connectivity index (χ0) is 19.4. The number of non-ortho nitro benzene ring substituents is 1. The number of rotatable bonds is 6. The molecule has 27 heavy (non-hydrogen) atoms. The van der Waals surface area contributed by atoms with Crippen LogP contribution in [0.1, 0.15) is 22.2 Å². The number of fused-ring (bicyclic) bond motifs is 1. The summed E-state index contributed by atoms with van der Waals surface area (Å²) < 4.78 is 5.95. The summed E-state index contributed by atoms with van der Waals surface area (Å²) in [5.74, 6) is -1.04. The number of benzene rings is 2. The van der Waals surface area contributed by atoms with E-state index < -0.39 is 22.9 Å². The summed E-state index contributed by atoms with van der Waals surface area (Å²) in [6.45, 7) is 1.84. The maximum atomic E-state index is 12.3. The zero-order valence-electron chi connectivity index (χ0n) is 14.4. The molecule has 1 heterocycles. The van der Waals surface area contributed by atoms with Crippen molar-refractivity contribution >= 4 is 39.0 Å². The Morgan fingerprint density at radius 3 is 2.63 bits per heavy atom. The fourth-order valence-corrected chi connectivity index (χ4v) is 3.37. The highest BCUT2D eigenvalue weighted by Crippen LogP contribution is 2.29. The van der Waals surface area contributed by atoms with E-state index in [-0.39, 0.29) is 10.6 Å². The number of nitro groups is 1. The third-order valence-corrected chi connectivity index (χ3v) is 4.97. The number of carbonyl (C=O) groups is 2. The van der Waals surface area contributed by atoms with E-state index in [1.807, 2.05) is 30.3 Å². The minimum absolute atomic E-state index is 0.0473. The third-order valence-electron chi connectivity index (χ3n) is 3.87. The van der Waals surface area contributed by atoms with Crippen molar-refractivity contribution in [1.29, 1.82) is 0 Å². The number of thiophene rings is 1. The lowest BCUT2D eigenvalue weighted by atomic mass is 10.2. The average Bonchev–Trinajstić information content (AvgIpc) is 3.10. The van der Waals surface area contributed by atoms with Gasteiger partial charge in [0, 0.05) is 28.8 Å². The fraction of sp³-hybridized carbons (Fsp3) is 0.158. The molecule has 2 aromatic carbocycles. The van der Waals surface area contributed by atoms with Gasteiger partial charge in [-0.1, -0.05) is 30.3 Å². The standard InChI is InChI=1S/C19H16N2O5S/c1-12(18(22)20-11-13-5-3-2-4-6-13)26-19(23)17-10-14-9-15(21(24)25)7-8-16(14)27-17/h2-10,12H,11H2,1H3,(H,20,22)/t12-/m0/s1. The smallest absolute Gasteiger partial charge is 0.349 e. The van der Waals surface area contributed by atoms with Gasteiger partial charge in [-0.3, -0.25) is 14.9 Å². The molecule has 0 unspecified atom stereocenters. The second-order valence-corrected chi connectivity index (χ2v) is 6.92. The van der Waals surface area contributed by atoms with Crippen molar-refractivity contribution in [3.8, 4) is 0 Å². The summed E-state index contributed by atoms with van der Waals surface area (Å²) in [5, 5.41) is 14.1. The maximum absolute atomic E-state index is 12.3. The molecule has 0 saturated heterocycles. The van der Waals surface area contributed by atoms with E-state index in [0.29, 0.717) is 11.9 Å². The quantitative estimate of drug-likeness (QED) is 0.397. The Morgan fingerprint density at radius 1 is 1.19 bits per heavy atom. The summed E-state index contributed by atoms with van der Waals surface area (Å²) in [4.78, 5) is 35.0. The van der Waals surface area contributed by atoms with E-state index in [0.717, 1.165) is 21.6 Å². The number of ether oxygens (including phenoxy) is 1. The topological polar surface area (TPSA) is 98.5 Å². The molecule has 1 N–H and O–H groups in total. The Morgan fingerprint density at radius 2 is 1.93 bits per heavy atom. The van der Waals surface area contributed by atoms with Crippen molar-refractivity contribution in [2.45, 2.75) is 19.6 Å². The molecule has 7 nitrogen and oxygen atoms in total. The monoisotopic (exact) mass is 384 g/mol. The van der Waals surface area contributed by atoms with Crippen LogP contribution in [-0.4, -0.2) is 22.9 Å². The molecule has 3 aromatic rings. The van der Waals surface area contributed by atoms with Crippen LogP contribution in [0.4, 0.5) is 5.69 Å². The van der Waals surface area contributed by atoms with E-state index in [1.165, 1.54) is 25.1 Å². The lowest BCUT2D eigenvalue weighted by molar-refractivity contribution is -0.384. The molecule has 0 aliphatic heterocycles. The molecule has 138 valence electrons. The number of hydrogen-bond donors (Lipinski definition) is 1. The molecule has 0 aliphatic rings. The highest BCUT2D eigenvalue weighted by Gasteiger charge is 2.21. The van der Waals surface area contributed by atoms with Crippen LogP contribution < -0.4 is 5.32 Å². The van der Waals surface area contributed by atoms with Gasteiger partial charge in [0.25, 0.3) is 11.6 Å². The molecule has 0 aliphatic carbocycles. The summed E-state index contributed by atoms with van der Waals surface area (Å²) in [5.41, 5.74) is 0.893. The van der Waals surface area contributed by atoms with E-state index in [9.17, 15) is 19.7 Å². The van der Waals surface area contributed by atoms with Gasteiger partial charge in [0.2, 0.25) is 0 Å². The Hall–Kier alpha value is -3.26. The molecule has 0 saturated carbocycles. The highest BCUT2D eigenvalue weighted by atomic mass is 32.1. The van der Waals surface area contributed by atoms with Gasteiger partial charge in [-0.2, -0.15) is 0 Å². The summed E-state index contributed by atoms with van der Waals surface area (Å²) >= 11 is 1.16. The normalized spacial score (nSPS) is 11.7. The molecule has 1 amide bonds. The van der Waals surface area contributed by atoms with Gasteiger partial charge in [0.05, 0.1) is 4.92 Å². The number of hydrogen-bond acceptors (Lipinski definition) is 6. The Bertz CT molecular complexity index is 1000. The van der Waals surface area contributed by atoms with Crippen LogP contribution in [-0.2, 0) is 16.1 Å². The summed E-state index contributed by atoms with van der Waals surface area (Å²) in [7, 11) is 0. The number of nitrogens with one attached hydrogen (secondary N) is 1. The Kier molecular flexibility index (Phi) is 5.46. The third kappa shape index (κ3) is 4.48. The van der Waals surface area contributed by atoms with Gasteiger partial charge in [0.1, 0.15) is 4.88 Å². The number of amides is 1. The van der Waals surface area contributed by atoms with Gasteiger partial charge < -0.3 is 10.1 Å². The predicted octanol–water partition coefficient (Wildman–Crippen LogP) is 3.67. The average molecular weight is 384 g/mol. The van der Waals surface area contributed by atoms with Crippen LogP contribution in [0.15, 0.2) is 54.6 Å². The molecule has 0 fully saturated rings. The molecule has 8 heteroatoms. The van der Waals surface area contributed by atoms with Gasteiger partial charge in [0.15, 0.2) is 6.10 Å². The lowest BCUT2D eigenvalue weighted by Crippen LogP contribution is -2.35. The van der Waals surface area contributed by atoms with Crippen molar-refractivity contribution < 1.29 is 19.2 Å². The van der Waals surface area contributed by atoms with Crippen LogP contribution in [0.5, 0.6) is 0 Å². The van der Waals surface area contributed by atoms with Crippen molar-refractivity contribution in [3.63, 3.8) is 0 Å². The van der Waals surface area contributed by atoms with Crippen LogP contribution in [0.2, 0.25) is 0 Å². The van der Waals surface area contributed by atoms with Crippen LogP contribution in [0.25, 0.3) is 10.1 Å². The maximum Gasteiger partial charge on any atom is 0.349 e. The van der Waals surface area contributed by atoms with E-state index in [2.05, 4.69) is 5.32 Å². The highest BCUT2D eigenvalue weighted by molar-refractivity contribution is 7.20. The molecule has 0 spiro atoms. The number of nitro benzene ring substituents is 1. The first kappa shape index (κ1) is 18.5. The van der Waals surface area contributed by atoms with Gasteiger partial charge >= 0.3 is 5.97 Å². The number of esters is 1. The first-order chi connectivity index (χ1) is 12.9. The first-order valence-corrected chi connectivity index (χ1v) is 8.96. The second kappa shape index (κ2) is 7.96. The summed E-state index contributed by atoms with van der Waals surface area (Å²) in [6, 6.07) is 15.3. The van der Waals surface area contributed by atoms with Gasteiger partial charge in [-0.15, -0.1) is 11.3 Å². The molecule has 0 radical (unpaired) electrons. The van der Waals surface area contributed by atoms with Gasteiger partial charge in [-0.25, -0.2) is 4.79 Å². The minimum Gasteiger partial charge on any atom is -0.448 e. The second-order valence-electron chi connectivity index (χ2n) is 5.84. The zero-order valence-corrected chi connectivity index (χ0v) is 15.2. The molecule has 3 rings (SSSR count). The molecule has 1 atom stereocenters. The molecule has 0 bridgehead atoms. The Balaban J connectivity index is 1.62. The fourth-order valence-electron chi connectivity index (χ4n) is 2.45. The number of carbonyl (C=O) groups excluding carboxylic acids is 2. The SMILES string of the molecule is C[C@H](OC(=O)c1cc2cc([N+](=O)[O-])ccc2s1)C(=O)NCc1ccccc1. The Labute approximate surface area is 158 Å². The van der Waals surface area contributed by atoms with Gasteiger partial charge in [-0.05, 0) is 24.6 Å². The van der Waals surface area contributed by atoms with Crippen LogP contribution in [0, 0.1) is 10.1 Å². The van der Waals surface area contributed by atoms with Crippen molar-refractivity contribution in [2.24, 2.45) is 0 Å². The van der Waals surface area contributed by atoms with E-state index in [4.69, 9.17) is 4.74 Å². The van der Waals surface area contributed by atoms with Crippen LogP contribution >= 0.6 is 11.3 Å². The largest absolute Gasteiger partial charge is 0.448 e. The van der Waals surface area contributed by atoms with Crippen LogP contribution in [0.3, 0.4) is 0 Å². The molecular formula is C19H16N2O5S. The lowest BCUT2D eigenvalue weighted by Gasteiger charge is -2.13. The first-order valence-electron chi connectivity index (χ1n) is 8.14. The summed E-state index contributed by atoms with van der Waals surface area (Å²) in [6.07, 6.45) is -0.958. The van der Waals surface area contributed by atoms with Crippen molar-refractivity contribution in [1.82, 2.24) is 5.32 Å². The van der Waals surface area contributed by atoms with Crippen molar-refractivity contribution in [3.05, 3.63) is 75.2 Å². The number of nitrogens with zero attached hydrogens (tertiary/aromatic N) is 1. The van der Waals surface area contributed by atoms with E-state index >= 15 is 0 Å². The minimum atomic E-state index is -0.958.